The third kappa shape index (κ3) is 3.12. The first-order chi connectivity index (χ1) is 11.2. The summed E-state index contributed by atoms with van der Waals surface area (Å²) in [4.78, 5) is 4.72. The van der Waals surface area contributed by atoms with Gasteiger partial charge in [0.1, 0.15) is 11.6 Å². The highest BCUT2D eigenvalue weighted by molar-refractivity contribution is 5.85. The fraction of sp³-hybridized carbons (Fsp3) is 0.471. The van der Waals surface area contributed by atoms with Crippen LogP contribution in [0.25, 0.3) is 16.7 Å². The van der Waals surface area contributed by atoms with Crippen molar-refractivity contribution in [3.63, 3.8) is 0 Å². The fourth-order valence-electron chi connectivity index (χ4n) is 2.72. The normalized spacial score (nSPS) is 10.8. The van der Waals surface area contributed by atoms with Crippen molar-refractivity contribution in [2.75, 3.05) is 25.5 Å². The van der Waals surface area contributed by atoms with Gasteiger partial charge in [0.15, 0.2) is 5.82 Å². The molecule has 7 heteroatoms. The summed E-state index contributed by atoms with van der Waals surface area (Å²) in [5, 5.41) is 11.8. The van der Waals surface area contributed by atoms with Crippen LogP contribution in [0.1, 0.15) is 31.7 Å². The second-order valence-corrected chi connectivity index (χ2v) is 5.60. The Kier molecular flexibility index (Phi) is 5.56. The van der Waals surface area contributed by atoms with Gasteiger partial charge in [-0.2, -0.15) is 0 Å². The second-order valence-electron chi connectivity index (χ2n) is 5.60. The molecule has 2 aromatic heterocycles. The molecule has 0 unspecified atom stereocenters. The number of rotatable bonds is 6. The van der Waals surface area contributed by atoms with Crippen molar-refractivity contribution in [3.05, 3.63) is 23.5 Å². The number of nitrogens with zero attached hydrogens (tertiary/aromatic N) is 4. The Morgan fingerprint density at radius 2 is 2.00 bits per heavy atom. The monoisotopic (exact) mass is 330 g/mol. The van der Waals surface area contributed by atoms with E-state index in [4.69, 9.17) is 15.5 Å². The Balaban J connectivity index is 0.00000208. The van der Waals surface area contributed by atoms with Crippen LogP contribution in [0.4, 0.5) is 5.82 Å². The molecule has 0 radical (unpaired) electrons. The van der Waals surface area contributed by atoms with E-state index in [1.54, 1.807) is 7.11 Å². The summed E-state index contributed by atoms with van der Waals surface area (Å²) in [6.45, 7) is 5.46. The van der Waals surface area contributed by atoms with E-state index in [1.807, 2.05) is 24.3 Å². The lowest BCUT2D eigenvalue weighted by molar-refractivity contribution is 0.412. The highest BCUT2D eigenvalue weighted by Gasteiger charge is 2.14. The molecule has 0 aliphatic carbocycles. The lowest BCUT2D eigenvalue weighted by Crippen LogP contribution is -2.09. The molecule has 0 spiro atoms. The van der Waals surface area contributed by atoms with Crippen molar-refractivity contribution in [2.45, 2.75) is 34.1 Å². The highest BCUT2D eigenvalue weighted by atomic mass is 16.5. The maximum atomic E-state index is 5.54. The Labute approximate surface area is 142 Å². The second kappa shape index (κ2) is 7.44. The van der Waals surface area contributed by atoms with Crippen LogP contribution in [0.2, 0.25) is 0 Å². The standard InChI is InChI=1S/C16H22N6O.CH4/c1-10-8-13-12(9-14(10)23-3)19-15(18-7-5-4-6-17)16-21-20-11(2)22(13)16;/h8-9H,4-7,17H2,1-3H3,(H,18,19);1H4. The van der Waals surface area contributed by atoms with Crippen LogP contribution in [0.3, 0.4) is 0 Å². The molecule has 0 atom stereocenters. The summed E-state index contributed by atoms with van der Waals surface area (Å²) < 4.78 is 7.44. The van der Waals surface area contributed by atoms with E-state index in [-0.39, 0.29) is 7.43 Å². The maximum absolute atomic E-state index is 5.54. The van der Waals surface area contributed by atoms with Crippen molar-refractivity contribution >= 4 is 22.5 Å². The molecule has 130 valence electrons. The fourth-order valence-corrected chi connectivity index (χ4v) is 2.72. The van der Waals surface area contributed by atoms with Crippen molar-refractivity contribution in [2.24, 2.45) is 5.73 Å². The number of anilines is 1. The summed E-state index contributed by atoms with van der Waals surface area (Å²) in [5.41, 5.74) is 9.17. The van der Waals surface area contributed by atoms with Crippen LogP contribution in [0, 0.1) is 13.8 Å². The Morgan fingerprint density at radius 1 is 1.21 bits per heavy atom. The van der Waals surface area contributed by atoms with Crippen molar-refractivity contribution in [3.8, 4) is 5.75 Å². The summed E-state index contributed by atoms with van der Waals surface area (Å²) in [7, 11) is 1.67. The van der Waals surface area contributed by atoms with Gasteiger partial charge >= 0.3 is 0 Å². The largest absolute Gasteiger partial charge is 0.496 e. The molecule has 24 heavy (non-hydrogen) atoms. The van der Waals surface area contributed by atoms with Gasteiger partial charge in [0, 0.05) is 12.6 Å². The van der Waals surface area contributed by atoms with Gasteiger partial charge < -0.3 is 15.8 Å². The van der Waals surface area contributed by atoms with E-state index in [0.717, 1.165) is 59.0 Å². The minimum Gasteiger partial charge on any atom is -0.496 e. The van der Waals surface area contributed by atoms with Gasteiger partial charge in [0.2, 0.25) is 5.65 Å². The minimum atomic E-state index is 0. The number of aryl methyl sites for hydroxylation is 2. The minimum absolute atomic E-state index is 0. The molecule has 7 nitrogen and oxygen atoms in total. The predicted molar refractivity (Wildman–Crippen MR) is 97.8 cm³/mol. The van der Waals surface area contributed by atoms with Crippen molar-refractivity contribution in [1.82, 2.24) is 19.6 Å². The van der Waals surface area contributed by atoms with Crippen molar-refractivity contribution < 1.29 is 4.74 Å². The van der Waals surface area contributed by atoms with E-state index >= 15 is 0 Å². The first-order valence-electron chi connectivity index (χ1n) is 7.79. The molecule has 0 saturated heterocycles. The molecule has 3 rings (SSSR count). The summed E-state index contributed by atoms with van der Waals surface area (Å²) in [5.74, 6) is 2.40. The molecule has 0 aliphatic rings. The first kappa shape index (κ1) is 17.9. The summed E-state index contributed by atoms with van der Waals surface area (Å²) >= 11 is 0. The molecular weight excluding hydrogens is 304 g/mol. The van der Waals surface area contributed by atoms with Gasteiger partial charge in [-0.05, 0) is 44.9 Å². The Hall–Kier alpha value is -2.41. The van der Waals surface area contributed by atoms with Gasteiger partial charge in [0.25, 0.3) is 0 Å². The van der Waals surface area contributed by atoms with Gasteiger partial charge in [-0.3, -0.25) is 4.40 Å². The zero-order valence-electron chi connectivity index (χ0n) is 13.8. The Morgan fingerprint density at radius 3 is 2.71 bits per heavy atom. The van der Waals surface area contributed by atoms with Crippen LogP contribution < -0.4 is 15.8 Å². The molecule has 1 aromatic carbocycles. The van der Waals surface area contributed by atoms with Crippen LogP contribution in [0.15, 0.2) is 12.1 Å². The van der Waals surface area contributed by atoms with Gasteiger partial charge in [0.05, 0.1) is 18.1 Å². The van der Waals surface area contributed by atoms with Crippen LogP contribution in [0.5, 0.6) is 5.75 Å². The maximum Gasteiger partial charge on any atom is 0.204 e. The van der Waals surface area contributed by atoms with E-state index in [2.05, 4.69) is 21.6 Å². The smallest absolute Gasteiger partial charge is 0.204 e. The molecule has 3 aromatic rings. The van der Waals surface area contributed by atoms with E-state index in [9.17, 15) is 0 Å². The van der Waals surface area contributed by atoms with Crippen LogP contribution >= 0.6 is 0 Å². The topological polar surface area (TPSA) is 90.4 Å². The lowest BCUT2D eigenvalue weighted by Gasteiger charge is -2.12. The van der Waals surface area contributed by atoms with Crippen LogP contribution in [-0.2, 0) is 0 Å². The number of unbranched alkanes of at least 4 members (excludes halogenated alkanes) is 1. The highest BCUT2D eigenvalue weighted by Crippen LogP contribution is 2.27. The zero-order chi connectivity index (χ0) is 16.4. The number of hydrogen-bond donors (Lipinski definition) is 2. The van der Waals surface area contributed by atoms with E-state index in [1.165, 1.54) is 0 Å². The molecule has 0 bridgehead atoms. The molecule has 2 heterocycles. The quantitative estimate of drug-likeness (QED) is 0.675. The zero-order valence-corrected chi connectivity index (χ0v) is 13.8. The summed E-state index contributed by atoms with van der Waals surface area (Å²) in [6, 6.07) is 4.01. The number of benzene rings is 1. The first-order valence-corrected chi connectivity index (χ1v) is 7.79. The van der Waals surface area contributed by atoms with Gasteiger partial charge in [-0.1, -0.05) is 7.43 Å². The lowest BCUT2D eigenvalue weighted by atomic mass is 10.2. The predicted octanol–water partition coefficient (Wildman–Crippen LogP) is 2.69. The number of hydrogen-bond acceptors (Lipinski definition) is 6. The average Bonchev–Trinajstić information content (AvgIpc) is 2.94. The Bertz CT molecular complexity index is 842. The molecule has 0 fully saturated rings. The van der Waals surface area contributed by atoms with Gasteiger partial charge in [-0.25, -0.2) is 4.98 Å². The molecule has 3 N–H and O–H groups in total. The average molecular weight is 330 g/mol. The SMILES string of the molecule is C.COc1cc2nc(NCCCCN)c3nnc(C)n3c2cc1C. The summed E-state index contributed by atoms with van der Waals surface area (Å²) in [6.07, 6.45) is 1.97. The molecule has 0 saturated carbocycles. The van der Waals surface area contributed by atoms with Gasteiger partial charge in [-0.15, -0.1) is 10.2 Å². The molecule has 0 aliphatic heterocycles. The number of aromatic nitrogens is 4. The molecule has 0 amide bonds. The van der Waals surface area contributed by atoms with E-state index < -0.39 is 0 Å². The number of nitrogens with one attached hydrogen (secondary N) is 1. The van der Waals surface area contributed by atoms with Crippen molar-refractivity contribution in [1.29, 1.82) is 0 Å². The number of ether oxygens (including phenoxy) is 1. The number of nitrogens with two attached hydrogens (primary N) is 1. The number of fused-ring (bicyclic) bond motifs is 3. The van der Waals surface area contributed by atoms with Crippen LogP contribution in [-0.4, -0.2) is 39.8 Å². The number of methoxy groups -OCH3 is 1. The van der Waals surface area contributed by atoms with E-state index in [0.29, 0.717) is 6.54 Å². The third-order valence-electron chi connectivity index (χ3n) is 3.93. The third-order valence-corrected chi connectivity index (χ3v) is 3.93. The molecular formula is C17H26N6O.